The topological polar surface area (TPSA) is 79.0 Å². The lowest BCUT2D eigenvalue weighted by Crippen LogP contribution is -2.37. The van der Waals surface area contributed by atoms with Crippen molar-refractivity contribution in [3.8, 4) is 5.75 Å². The molecule has 0 radical (unpaired) electrons. The summed E-state index contributed by atoms with van der Waals surface area (Å²) in [5.41, 5.74) is 7.25. The van der Waals surface area contributed by atoms with Crippen molar-refractivity contribution in [1.29, 1.82) is 0 Å². The Bertz CT molecular complexity index is 725. The SMILES string of the molecule is COc1ccc(N2c3ccccc3SC(C(C)CCN)S2(O)O)cc1. The maximum atomic E-state index is 11.2. The molecule has 0 amide bonds. The van der Waals surface area contributed by atoms with Crippen molar-refractivity contribution in [2.24, 2.45) is 11.7 Å². The first kappa shape index (κ1) is 18.4. The predicted molar refractivity (Wildman–Crippen MR) is 107 cm³/mol. The molecule has 0 aromatic heterocycles. The summed E-state index contributed by atoms with van der Waals surface area (Å²) in [6.07, 6.45) is 0.742. The Morgan fingerprint density at radius 1 is 1.20 bits per heavy atom. The second-order valence-corrected chi connectivity index (χ2v) is 9.54. The number of fused-ring (bicyclic) bond motifs is 1. The van der Waals surface area contributed by atoms with Crippen LogP contribution < -0.4 is 14.8 Å². The largest absolute Gasteiger partial charge is 0.497 e. The first-order valence-corrected chi connectivity index (χ1v) is 10.6. The van der Waals surface area contributed by atoms with Gasteiger partial charge in [-0.05, 0) is 55.3 Å². The normalized spacial score (nSPS) is 21.3. The fourth-order valence-electron chi connectivity index (χ4n) is 3.00. The predicted octanol–water partition coefficient (Wildman–Crippen LogP) is 4.92. The first-order chi connectivity index (χ1) is 12.0. The average Bonchev–Trinajstić information content (AvgIpc) is 2.61. The molecule has 1 aliphatic heterocycles. The lowest BCUT2D eigenvalue weighted by molar-refractivity contribution is 0.415. The molecule has 3 rings (SSSR count). The zero-order valence-corrected chi connectivity index (χ0v) is 16.0. The van der Waals surface area contributed by atoms with E-state index in [4.69, 9.17) is 10.5 Å². The van der Waals surface area contributed by atoms with E-state index in [1.807, 2.05) is 55.5 Å². The number of para-hydroxylation sites is 1. The van der Waals surface area contributed by atoms with Crippen LogP contribution in [0.5, 0.6) is 5.75 Å². The summed E-state index contributed by atoms with van der Waals surface area (Å²) >= 11 is 1.53. The number of rotatable bonds is 5. The molecule has 2 atom stereocenters. The van der Waals surface area contributed by atoms with Gasteiger partial charge in [0.1, 0.15) is 10.3 Å². The number of ether oxygens (including phenoxy) is 1. The third-order valence-electron chi connectivity index (χ3n) is 4.30. The average molecular weight is 381 g/mol. The monoisotopic (exact) mass is 380 g/mol. The Morgan fingerprint density at radius 2 is 1.88 bits per heavy atom. The fraction of sp³-hybridized carbons (Fsp3) is 0.333. The summed E-state index contributed by atoms with van der Waals surface area (Å²) in [5.74, 6) is 0.807. The van der Waals surface area contributed by atoms with Gasteiger partial charge in [0, 0.05) is 4.90 Å². The van der Waals surface area contributed by atoms with Gasteiger partial charge in [-0.15, -0.1) is 10.8 Å². The van der Waals surface area contributed by atoms with E-state index in [1.54, 1.807) is 11.4 Å². The molecule has 2 aromatic rings. The molecule has 4 N–H and O–H groups in total. The van der Waals surface area contributed by atoms with Crippen LogP contribution in [0.1, 0.15) is 13.3 Å². The molecule has 0 aliphatic carbocycles. The third kappa shape index (κ3) is 3.47. The van der Waals surface area contributed by atoms with E-state index in [9.17, 15) is 9.11 Å². The summed E-state index contributed by atoms with van der Waals surface area (Å²) < 4.78 is 28.9. The molecule has 1 aliphatic rings. The van der Waals surface area contributed by atoms with Crippen LogP contribution in [-0.2, 0) is 0 Å². The molecule has 0 saturated heterocycles. The van der Waals surface area contributed by atoms with Gasteiger partial charge in [-0.1, -0.05) is 30.8 Å². The lowest BCUT2D eigenvalue weighted by atomic mass is 10.1. The van der Waals surface area contributed by atoms with Crippen LogP contribution in [0.4, 0.5) is 11.4 Å². The van der Waals surface area contributed by atoms with Gasteiger partial charge in [0.05, 0.1) is 18.5 Å². The highest BCUT2D eigenvalue weighted by molar-refractivity contribution is 8.34. The van der Waals surface area contributed by atoms with Crippen molar-refractivity contribution >= 4 is 33.9 Å². The minimum atomic E-state index is -3.07. The van der Waals surface area contributed by atoms with Crippen molar-refractivity contribution < 1.29 is 13.8 Å². The van der Waals surface area contributed by atoms with E-state index in [-0.39, 0.29) is 10.5 Å². The molecular formula is C18H24N2O3S2. The number of nitrogens with two attached hydrogens (primary N) is 1. The second kappa shape index (κ2) is 7.47. The number of methoxy groups -OCH3 is 1. The van der Waals surface area contributed by atoms with Crippen molar-refractivity contribution in [3.05, 3.63) is 48.5 Å². The summed E-state index contributed by atoms with van der Waals surface area (Å²) in [4.78, 5) is 1.04. The van der Waals surface area contributed by atoms with Gasteiger partial charge < -0.3 is 10.5 Å². The highest BCUT2D eigenvalue weighted by Crippen LogP contribution is 2.66. The van der Waals surface area contributed by atoms with Crippen LogP contribution in [0.15, 0.2) is 53.4 Å². The van der Waals surface area contributed by atoms with E-state index in [2.05, 4.69) is 0 Å². The number of benzene rings is 2. The highest BCUT2D eigenvalue weighted by Gasteiger charge is 2.42. The second-order valence-electron chi connectivity index (χ2n) is 6.06. The van der Waals surface area contributed by atoms with Gasteiger partial charge >= 0.3 is 0 Å². The molecule has 0 saturated carbocycles. The molecule has 25 heavy (non-hydrogen) atoms. The smallest absolute Gasteiger partial charge is 0.121 e. The van der Waals surface area contributed by atoms with Crippen LogP contribution >= 0.6 is 22.5 Å². The number of thioether (sulfide) groups is 1. The third-order valence-corrected chi connectivity index (χ3v) is 8.69. The number of hydrogen-bond acceptors (Lipinski definition) is 6. The van der Waals surface area contributed by atoms with E-state index in [1.165, 1.54) is 11.8 Å². The van der Waals surface area contributed by atoms with E-state index in [0.717, 1.165) is 28.4 Å². The Balaban J connectivity index is 2.08. The Kier molecular flexibility index (Phi) is 5.50. The van der Waals surface area contributed by atoms with Crippen molar-refractivity contribution in [1.82, 2.24) is 0 Å². The lowest BCUT2D eigenvalue weighted by Gasteiger charge is -2.53. The van der Waals surface area contributed by atoms with Crippen molar-refractivity contribution in [3.63, 3.8) is 0 Å². The summed E-state index contributed by atoms with van der Waals surface area (Å²) in [7, 11) is -1.46. The van der Waals surface area contributed by atoms with Crippen molar-refractivity contribution in [2.75, 3.05) is 18.0 Å². The minimum absolute atomic E-state index is 0.0779. The molecule has 7 heteroatoms. The molecule has 0 spiro atoms. The summed E-state index contributed by atoms with van der Waals surface area (Å²) in [6.45, 7) is 2.55. The van der Waals surface area contributed by atoms with Crippen molar-refractivity contribution in [2.45, 2.75) is 22.8 Å². The van der Waals surface area contributed by atoms with Gasteiger partial charge in [-0.2, -0.15) is 0 Å². The van der Waals surface area contributed by atoms with E-state index >= 15 is 0 Å². The van der Waals surface area contributed by atoms with Gasteiger partial charge in [-0.25, -0.2) is 4.31 Å². The Labute approximate surface area is 154 Å². The molecule has 0 fully saturated rings. The minimum Gasteiger partial charge on any atom is -0.497 e. The highest BCUT2D eigenvalue weighted by atomic mass is 32.3. The standard InChI is InChI=1S/C18H24N2O3S2/c1-13(11-12-19)18-24-17-6-4-3-5-16(17)20(25(18,21)22)14-7-9-15(23-2)10-8-14/h3-10,13,18,21-22H,11-12,19H2,1-2H3. The molecule has 0 bridgehead atoms. The summed E-state index contributed by atoms with van der Waals surface area (Å²) in [5, 5.41) is 0. The number of nitrogens with zero attached hydrogens (tertiary/aromatic N) is 1. The van der Waals surface area contributed by atoms with Crippen LogP contribution in [0, 0.1) is 5.92 Å². The Hall–Kier alpha value is -1.38. The number of hydrogen-bond donors (Lipinski definition) is 3. The molecule has 5 nitrogen and oxygen atoms in total. The van der Waals surface area contributed by atoms with Crippen LogP contribution in [0.2, 0.25) is 0 Å². The van der Waals surface area contributed by atoms with Gasteiger partial charge in [0.2, 0.25) is 0 Å². The zero-order valence-electron chi connectivity index (χ0n) is 14.3. The van der Waals surface area contributed by atoms with E-state index < -0.39 is 10.8 Å². The Morgan fingerprint density at radius 3 is 2.52 bits per heavy atom. The molecule has 1 heterocycles. The zero-order chi connectivity index (χ0) is 18.0. The fourth-order valence-corrected chi connectivity index (χ4v) is 7.05. The molecule has 136 valence electrons. The number of anilines is 2. The van der Waals surface area contributed by atoms with Gasteiger partial charge in [-0.3, -0.25) is 9.11 Å². The van der Waals surface area contributed by atoms with Crippen LogP contribution in [-0.4, -0.2) is 27.3 Å². The van der Waals surface area contributed by atoms with Crippen LogP contribution in [0.25, 0.3) is 0 Å². The van der Waals surface area contributed by atoms with E-state index in [0.29, 0.717) is 6.54 Å². The maximum absolute atomic E-state index is 11.2. The van der Waals surface area contributed by atoms with Crippen LogP contribution in [0.3, 0.4) is 0 Å². The molecule has 2 unspecified atom stereocenters. The molecule has 2 aromatic carbocycles. The molecular weight excluding hydrogens is 356 g/mol. The van der Waals surface area contributed by atoms with Gasteiger partial charge in [0.25, 0.3) is 0 Å². The maximum Gasteiger partial charge on any atom is 0.121 e. The van der Waals surface area contributed by atoms with Gasteiger partial charge in [0.15, 0.2) is 0 Å². The first-order valence-electron chi connectivity index (χ1n) is 8.16. The quantitative estimate of drug-likeness (QED) is 0.683. The summed E-state index contributed by atoms with van der Waals surface area (Å²) in [6, 6.07) is 15.2.